The Bertz CT molecular complexity index is 1840. The van der Waals surface area contributed by atoms with Crippen LogP contribution in [0.4, 0.5) is 0 Å². The van der Waals surface area contributed by atoms with Crippen molar-refractivity contribution < 1.29 is 74.1 Å². The van der Waals surface area contributed by atoms with E-state index in [0.717, 1.165) is 42.4 Å². The van der Waals surface area contributed by atoms with E-state index in [-0.39, 0.29) is 37.8 Å². The summed E-state index contributed by atoms with van der Waals surface area (Å²) in [4.78, 5) is 26.3. The summed E-state index contributed by atoms with van der Waals surface area (Å²) in [6.07, 6.45) is 3.89. The molecule has 48 heavy (non-hydrogen) atoms. The number of carboxylic acids is 1. The number of aryl methyl sites for hydroxylation is 2. The van der Waals surface area contributed by atoms with Gasteiger partial charge >= 0.3 is 41.5 Å². The van der Waals surface area contributed by atoms with E-state index in [2.05, 4.69) is 0 Å². The van der Waals surface area contributed by atoms with Gasteiger partial charge in [-0.2, -0.15) is 0 Å². The Hall–Kier alpha value is -4.18. The molecule has 4 aromatic carbocycles. The number of carbonyl (C=O) groups is 2. The van der Waals surface area contributed by atoms with Gasteiger partial charge in [0.1, 0.15) is 23.0 Å². The van der Waals surface area contributed by atoms with Crippen LogP contribution in [0.3, 0.4) is 0 Å². The van der Waals surface area contributed by atoms with Gasteiger partial charge in [0.2, 0.25) is 6.79 Å². The van der Waals surface area contributed by atoms with E-state index in [1.54, 1.807) is 12.1 Å². The van der Waals surface area contributed by atoms with Crippen molar-refractivity contribution in [1.82, 2.24) is 0 Å². The summed E-state index contributed by atoms with van der Waals surface area (Å²) in [5, 5.41) is 9.50. The molecular formula is C38H37NaO9. The fourth-order valence-electron chi connectivity index (χ4n) is 7.08. The SMILES string of the molecule is CCCOc1ccc2c(c1)[C@@H](c1ccc(OC)cc1OCC(=O)O)[C@H](C(=O)Oc1ccc3c(c1)CCC3)[C@H]2c1ccc2c(c1)OCO2.[H-].[Na+]. The smallest absolute Gasteiger partial charge is 1.00 e. The number of hydrogen-bond acceptors (Lipinski definition) is 8. The van der Waals surface area contributed by atoms with E-state index in [9.17, 15) is 14.7 Å². The van der Waals surface area contributed by atoms with Gasteiger partial charge in [0.25, 0.3) is 0 Å². The molecule has 244 valence electrons. The van der Waals surface area contributed by atoms with Gasteiger partial charge in [0, 0.05) is 23.5 Å². The molecular weight excluding hydrogens is 623 g/mol. The number of fused-ring (bicyclic) bond motifs is 3. The van der Waals surface area contributed by atoms with Crippen molar-refractivity contribution in [3.8, 4) is 34.5 Å². The summed E-state index contributed by atoms with van der Waals surface area (Å²) >= 11 is 0. The number of rotatable bonds is 11. The van der Waals surface area contributed by atoms with Crippen LogP contribution in [-0.2, 0) is 22.4 Å². The van der Waals surface area contributed by atoms with E-state index >= 15 is 0 Å². The number of hydrogen-bond donors (Lipinski definition) is 1. The quantitative estimate of drug-likeness (QED) is 0.146. The zero-order valence-corrected chi connectivity index (χ0v) is 29.3. The number of aliphatic carboxylic acids is 1. The third kappa shape index (κ3) is 6.59. The van der Waals surface area contributed by atoms with Crippen LogP contribution in [0, 0.1) is 5.92 Å². The molecule has 4 aromatic rings. The molecule has 1 N–H and O–H groups in total. The molecule has 2 aliphatic carbocycles. The molecule has 7 rings (SSSR count). The van der Waals surface area contributed by atoms with Crippen molar-refractivity contribution in [2.45, 2.75) is 44.4 Å². The topological polar surface area (TPSA) is 110 Å². The first-order valence-electron chi connectivity index (χ1n) is 16.0. The Morgan fingerprint density at radius 2 is 1.58 bits per heavy atom. The first kappa shape index (κ1) is 33.7. The minimum Gasteiger partial charge on any atom is -1.00 e. The van der Waals surface area contributed by atoms with Gasteiger partial charge < -0.3 is 35.0 Å². The Labute approximate surface area is 302 Å². The maximum absolute atomic E-state index is 14.7. The van der Waals surface area contributed by atoms with E-state index in [1.807, 2.05) is 67.6 Å². The van der Waals surface area contributed by atoms with E-state index in [4.69, 9.17) is 28.4 Å². The molecule has 1 aliphatic heterocycles. The van der Waals surface area contributed by atoms with E-state index in [1.165, 1.54) is 18.2 Å². The number of esters is 1. The van der Waals surface area contributed by atoms with Gasteiger partial charge in [-0.15, -0.1) is 0 Å². The summed E-state index contributed by atoms with van der Waals surface area (Å²) in [5.41, 5.74) is 5.77. The van der Waals surface area contributed by atoms with Gasteiger partial charge in [0.05, 0.1) is 19.6 Å². The Morgan fingerprint density at radius 3 is 2.40 bits per heavy atom. The maximum atomic E-state index is 14.7. The summed E-state index contributed by atoms with van der Waals surface area (Å²) in [6.45, 7) is 2.14. The molecule has 0 saturated carbocycles. The predicted octanol–water partition coefficient (Wildman–Crippen LogP) is 3.78. The van der Waals surface area contributed by atoms with Crippen LogP contribution >= 0.6 is 0 Å². The van der Waals surface area contributed by atoms with Crippen LogP contribution < -0.4 is 58.0 Å². The molecule has 0 bridgehead atoms. The predicted molar refractivity (Wildman–Crippen MR) is 173 cm³/mol. The monoisotopic (exact) mass is 660 g/mol. The fourth-order valence-corrected chi connectivity index (χ4v) is 7.08. The van der Waals surface area contributed by atoms with Crippen molar-refractivity contribution in [3.63, 3.8) is 0 Å². The number of methoxy groups -OCH3 is 1. The average Bonchev–Trinajstić information content (AvgIpc) is 3.83. The summed E-state index contributed by atoms with van der Waals surface area (Å²) in [7, 11) is 1.53. The number of benzene rings is 4. The van der Waals surface area contributed by atoms with E-state index in [0.29, 0.717) is 46.7 Å². The minimum atomic E-state index is -1.12. The molecule has 0 amide bonds. The molecule has 0 spiro atoms. The molecule has 3 aliphatic rings. The molecule has 0 fully saturated rings. The Kier molecular flexibility index (Phi) is 10.2. The second-order valence-electron chi connectivity index (χ2n) is 12.0. The third-order valence-electron chi connectivity index (χ3n) is 9.14. The van der Waals surface area contributed by atoms with Crippen LogP contribution in [0.2, 0.25) is 0 Å². The van der Waals surface area contributed by atoms with Crippen LogP contribution in [0.1, 0.15) is 66.4 Å². The average molecular weight is 661 g/mol. The van der Waals surface area contributed by atoms with Crippen molar-refractivity contribution in [1.29, 1.82) is 0 Å². The second kappa shape index (κ2) is 14.5. The number of carbonyl (C=O) groups excluding carboxylic acids is 1. The molecule has 9 nitrogen and oxygen atoms in total. The molecule has 0 unspecified atom stereocenters. The molecule has 0 aromatic heterocycles. The van der Waals surface area contributed by atoms with Crippen molar-refractivity contribution in [2.24, 2.45) is 5.92 Å². The normalized spacial score (nSPS) is 18.3. The Morgan fingerprint density at radius 1 is 0.812 bits per heavy atom. The summed E-state index contributed by atoms with van der Waals surface area (Å²) < 4.78 is 35.0. The zero-order valence-electron chi connectivity index (χ0n) is 28.3. The van der Waals surface area contributed by atoms with Crippen molar-refractivity contribution in [3.05, 3.63) is 106 Å². The van der Waals surface area contributed by atoms with Crippen LogP contribution in [-0.4, -0.2) is 44.2 Å². The van der Waals surface area contributed by atoms with Crippen LogP contribution in [0.15, 0.2) is 72.8 Å². The van der Waals surface area contributed by atoms with Gasteiger partial charge in [-0.1, -0.05) is 31.2 Å². The molecule has 10 heteroatoms. The standard InChI is InChI=1S/C38H36O9.Na.H/c1-3-15-43-26-11-12-28-30(18-26)36(29-13-10-25(42-2)19-32(29)44-20-34(39)40)37(35(28)24-8-14-31-33(17-24)46-21-45-31)38(41)47-27-9-7-22-5-4-6-23(22)16-27;;/h7-14,16-19,35-37H,3-6,15,20-21H2,1-2H3,(H,39,40);;/q;+1;-1/t35-,36+,37+;;/m0../s1. The first-order valence-corrected chi connectivity index (χ1v) is 16.0. The molecule has 0 saturated heterocycles. The fraction of sp³-hybridized carbons (Fsp3) is 0.316. The van der Waals surface area contributed by atoms with E-state index < -0.39 is 36.3 Å². The van der Waals surface area contributed by atoms with Gasteiger partial charge in [-0.25, -0.2) is 4.79 Å². The Balaban J connectivity index is 0.00000234. The van der Waals surface area contributed by atoms with Crippen molar-refractivity contribution in [2.75, 3.05) is 27.1 Å². The zero-order chi connectivity index (χ0) is 32.5. The maximum Gasteiger partial charge on any atom is 1.00 e. The molecule has 3 atom stereocenters. The van der Waals surface area contributed by atoms with Crippen LogP contribution in [0.5, 0.6) is 34.5 Å². The van der Waals surface area contributed by atoms with Gasteiger partial charge in [0.15, 0.2) is 18.1 Å². The second-order valence-corrected chi connectivity index (χ2v) is 12.0. The number of ether oxygens (including phenoxy) is 6. The summed E-state index contributed by atoms with van der Waals surface area (Å²) in [5.74, 6) is -0.0904. The van der Waals surface area contributed by atoms with Gasteiger partial charge in [-0.05, 0) is 96.0 Å². The molecule has 0 radical (unpaired) electrons. The third-order valence-corrected chi connectivity index (χ3v) is 9.14. The van der Waals surface area contributed by atoms with Crippen molar-refractivity contribution >= 4 is 11.9 Å². The van der Waals surface area contributed by atoms with Gasteiger partial charge in [-0.3, -0.25) is 4.79 Å². The first-order chi connectivity index (χ1) is 22.9. The largest absolute Gasteiger partial charge is 1.00 e. The number of carboxylic acid groups (broad SMARTS) is 1. The summed E-state index contributed by atoms with van der Waals surface area (Å²) in [6, 6.07) is 22.8. The minimum absolute atomic E-state index is 0. The van der Waals surface area contributed by atoms with Crippen LogP contribution in [0.25, 0.3) is 0 Å². The molecule has 1 heterocycles.